The first-order valence-electron chi connectivity index (χ1n) is 6.21. The smallest absolute Gasteiger partial charge is 0.225 e. The SMILES string of the molecule is N#CC1(NC(=O)Cc2ccc(F)cc2F)CCCC1. The van der Waals surface area contributed by atoms with Gasteiger partial charge in [-0.05, 0) is 37.3 Å². The van der Waals surface area contributed by atoms with Crippen molar-refractivity contribution in [2.75, 3.05) is 0 Å². The molecule has 100 valence electrons. The molecule has 0 atom stereocenters. The molecule has 19 heavy (non-hydrogen) atoms. The maximum Gasteiger partial charge on any atom is 0.225 e. The Balaban J connectivity index is 2.03. The standard InChI is InChI=1S/C14H14F2N2O/c15-11-4-3-10(12(16)8-11)7-13(19)18-14(9-17)5-1-2-6-14/h3-4,8H,1-2,5-7H2,(H,18,19). The Hall–Kier alpha value is -1.96. The molecule has 5 heteroatoms. The molecule has 0 spiro atoms. The summed E-state index contributed by atoms with van der Waals surface area (Å²) in [6, 6.07) is 5.24. The third-order valence-corrected chi connectivity index (χ3v) is 3.42. The number of benzene rings is 1. The molecule has 1 saturated carbocycles. The van der Waals surface area contributed by atoms with Gasteiger partial charge in [0.15, 0.2) is 0 Å². The van der Waals surface area contributed by atoms with Crippen LogP contribution in [-0.4, -0.2) is 11.4 Å². The van der Waals surface area contributed by atoms with Crippen molar-refractivity contribution in [3.63, 3.8) is 0 Å². The molecule has 3 nitrogen and oxygen atoms in total. The van der Waals surface area contributed by atoms with Gasteiger partial charge in [-0.2, -0.15) is 5.26 Å². The molecular formula is C14H14F2N2O. The van der Waals surface area contributed by atoms with Crippen LogP contribution in [-0.2, 0) is 11.2 Å². The van der Waals surface area contributed by atoms with E-state index in [-0.39, 0.29) is 12.0 Å². The molecule has 0 unspecified atom stereocenters. The lowest BCUT2D eigenvalue weighted by molar-refractivity contribution is -0.121. The largest absolute Gasteiger partial charge is 0.338 e. The van der Waals surface area contributed by atoms with Crippen LogP contribution in [0.1, 0.15) is 31.2 Å². The van der Waals surface area contributed by atoms with Crippen LogP contribution in [0.2, 0.25) is 0 Å². The lowest BCUT2D eigenvalue weighted by Crippen LogP contribution is -2.45. The van der Waals surface area contributed by atoms with Gasteiger partial charge in [0.25, 0.3) is 0 Å². The highest BCUT2D eigenvalue weighted by Gasteiger charge is 2.35. The van der Waals surface area contributed by atoms with E-state index in [1.807, 2.05) is 0 Å². The van der Waals surface area contributed by atoms with Gasteiger partial charge in [-0.3, -0.25) is 4.79 Å². The molecule has 2 rings (SSSR count). The number of hydrogen-bond donors (Lipinski definition) is 1. The highest BCUT2D eigenvalue weighted by atomic mass is 19.1. The van der Waals surface area contributed by atoms with E-state index in [0.29, 0.717) is 12.8 Å². The quantitative estimate of drug-likeness (QED) is 0.911. The zero-order valence-corrected chi connectivity index (χ0v) is 10.4. The first-order valence-corrected chi connectivity index (χ1v) is 6.21. The van der Waals surface area contributed by atoms with Gasteiger partial charge in [-0.25, -0.2) is 8.78 Å². The Kier molecular flexibility index (Phi) is 3.79. The van der Waals surface area contributed by atoms with Crippen molar-refractivity contribution in [3.8, 4) is 6.07 Å². The second-order valence-electron chi connectivity index (χ2n) is 4.86. The fraction of sp³-hybridized carbons (Fsp3) is 0.429. The third kappa shape index (κ3) is 3.08. The van der Waals surface area contributed by atoms with Gasteiger partial charge in [0, 0.05) is 6.07 Å². The Bertz CT molecular complexity index is 531. The van der Waals surface area contributed by atoms with E-state index >= 15 is 0 Å². The van der Waals surface area contributed by atoms with Crippen molar-refractivity contribution in [1.82, 2.24) is 5.32 Å². The number of carbonyl (C=O) groups excluding carboxylic acids is 1. The average molecular weight is 264 g/mol. The van der Waals surface area contributed by atoms with E-state index in [4.69, 9.17) is 5.26 Å². The lowest BCUT2D eigenvalue weighted by Gasteiger charge is -2.22. The monoisotopic (exact) mass is 264 g/mol. The molecule has 1 N–H and O–H groups in total. The summed E-state index contributed by atoms with van der Waals surface area (Å²) in [6.45, 7) is 0. The number of amides is 1. The van der Waals surface area contributed by atoms with Crippen LogP contribution in [0.5, 0.6) is 0 Å². The van der Waals surface area contributed by atoms with Crippen molar-refractivity contribution < 1.29 is 13.6 Å². The zero-order chi connectivity index (χ0) is 13.9. The first kappa shape index (κ1) is 13.5. The summed E-state index contributed by atoms with van der Waals surface area (Å²) in [4.78, 5) is 11.8. The van der Waals surface area contributed by atoms with Crippen LogP contribution in [0.4, 0.5) is 8.78 Å². The topological polar surface area (TPSA) is 52.9 Å². The van der Waals surface area contributed by atoms with Crippen LogP contribution >= 0.6 is 0 Å². The molecule has 0 saturated heterocycles. The number of halogens is 2. The Morgan fingerprint density at radius 1 is 1.37 bits per heavy atom. The Labute approximate surface area is 110 Å². The summed E-state index contributed by atoms with van der Waals surface area (Å²) in [5.41, 5.74) is -0.682. The van der Waals surface area contributed by atoms with Crippen molar-refractivity contribution in [1.29, 1.82) is 5.26 Å². The van der Waals surface area contributed by atoms with Crippen LogP contribution in [0.25, 0.3) is 0 Å². The highest BCUT2D eigenvalue weighted by Crippen LogP contribution is 2.29. The minimum Gasteiger partial charge on any atom is -0.338 e. The fourth-order valence-corrected chi connectivity index (χ4v) is 2.39. The lowest BCUT2D eigenvalue weighted by atomic mass is 9.99. The van der Waals surface area contributed by atoms with Gasteiger partial charge in [-0.1, -0.05) is 6.07 Å². The van der Waals surface area contributed by atoms with Crippen LogP contribution < -0.4 is 5.32 Å². The predicted molar refractivity (Wildman–Crippen MR) is 65.0 cm³/mol. The summed E-state index contributed by atoms with van der Waals surface area (Å²) in [6.07, 6.45) is 2.87. The number of nitriles is 1. The van der Waals surface area contributed by atoms with E-state index in [1.54, 1.807) is 0 Å². The maximum absolute atomic E-state index is 13.4. The number of carbonyl (C=O) groups is 1. The second kappa shape index (κ2) is 5.35. The highest BCUT2D eigenvalue weighted by molar-refractivity contribution is 5.79. The van der Waals surface area contributed by atoms with Crippen molar-refractivity contribution in [2.45, 2.75) is 37.6 Å². The normalized spacial score (nSPS) is 16.9. The van der Waals surface area contributed by atoms with Crippen LogP contribution in [0, 0.1) is 23.0 Å². The van der Waals surface area contributed by atoms with Gasteiger partial charge in [0.2, 0.25) is 5.91 Å². The molecule has 0 aromatic heterocycles. The number of nitrogens with one attached hydrogen (secondary N) is 1. The molecule has 1 aliphatic rings. The first-order chi connectivity index (χ1) is 9.04. The average Bonchev–Trinajstić information content (AvgIpc) is 2.82. The third-order valence-electron chi connectivity index (χ3n) is 3.42. The summed E-state index contributed by atoms with van der Waals surface area (Å²) >= 11 is 0. The van der Waals surface area contributed by atoms with Gasteiger partial charge in [0.1, 0.15) is 17.2 Å². The van der Waals surface area contributed by atoms with Gasteiger partial charge in [-0.15, -0.1) is 0 Å². The molecule has 0 bridgehead atoms. The predicted octanol–water partition coefficient (Wildman–Crippen LogP) is 2.46. The molecular weight excluding hydrogens is 250 g/mol. The summed E-state index contributed by atoms with van der Waals surface area (Å²) < 4.78 is 26.2. The van der Waals surface area contributed by atoms with Gasteiger partial charge >= 0.3 is 0 Å². The minimum atomic E-state index is -0.812. The summed E-state index contributed by atoms with van der Waals surface area (Å²) in [7, 11) is 0. The Morgan fingerprint density at radius 3 is 2.63 bits per heavy atom. The van der Waals surface area contributed by atoms with Gasteiger partial charge in [0.05, 0.1) is 12.5 Å². The molecule has 1 fully saturated rings. The summed E-state index contributed by atoms with van der Waals surface area (Å²) in [5, 5.41) is 11.8. The minimum absolute atomic E-state index is 0.130. The molecule has 1 aromatic carbocycles. The molecule has 1 aliphatic carbocycles. The summed E-state index contributed by atoms with van der Waals surface area (Å²) in [5.74, 6) is -1.83. The molecule has 0 heterocycles. The van der Waals surface area contributed by atoms with E-state index < -0.39 is 23.1 Å². The Morgan fingerprint density at radius 2 is 2.05 bits per heavy atom. The number of rotatable bonds is 3. The van der Waals surface area contributed by atoms with Crippen molar-refractivity contribution in [3.05, 3.63) is 35.4 Å². The number of nitrogens with zero attached hydrogens (tertiary/aromatic N) is 1. The van der Waals surface area contributed by atoms with E-state index in [1.165, 1.54) is 6.07 Å². The van der Waals surface area contributed by atoms with E-state index in [2.05, 4.69) is 11.4 Å². The molecule has 0 radical (unpaired) electrons. The zero-order valence-electron chi connectivity index (χ0n) is 10.4. The molecule has 1 aromatic rings. The van der Waals surface area contributed by atoms with Crippen LogP contribution in [0.3, 0.4) is 0 Å². The van der Waals surface area contributed by atoms with Crippen LogP contribution in [0.15, 0.2) is 18.2 Å². The second-order valence-corrected chi connectivity index (χ2v) is 4.86. The van der Waals surface area contributed by atoms with E-state index in [9.17, 15) is 13.6 Å². The van der Waals surface area contributed by atoms with Crippen molar-refractivity contribution >= 4 is 5.91 Å². The number of hydrogen-bond acceptors (Lipinski definition) is 2. The molecule has 1 amide bonds. The van der Waals surface area contributed by atoms with Crippen molar-refractivity contribution in [2.24, 2.45) is 0 Å². The van der Waals surface area contributed by atoms with Gasteiger partial charge < -0.3 is 5.32 Å². The molecule has 0 aliphatic heterocycles. The van der Waals surface area contributed by atoms with E-state index in [0.717, 1.165) is 25.0 Å². The maximum atomic E-state index is 13.4. The fourth-order valence-electron chi connectivity index (χ4n) is 2.39.